The highest BCUT2D eigenvalue weighted by molar-refractivity contribution is 14.1. The van der Waals surface area contributed by atoms with Crippen molar-refractivity contribution in [1.29, 1.82) is 0 Å². The molecule has 1 aromatic rings. The first-order valence-corrected chi connectivity index (χ1v) is 12.7. The summed E-state index contributed by atoms with van der Waals surface area (Å²) >= 11 is 2.12. The van der Waals surface area contributed by atoms with Crippen LogP contribution in [0.3, 0.4) is 0 Å². The van der Waals surface area contributed by atoms with Gasteiger partial charge >= 0.3 is 0 Å². The summed E-state index contributed by atoms with van der Waals surface area (Å²) in [6.07, 6.45) is 6.62. The van der Waals surface area contributed by atoms with E-state index in [0.29, 0.717) is 18.8 Å². The van der Waals surface area contributed by atoms with E-state index in [-0.39, 0.29) is 41.4 Å². The zero-order valence-corrected chi connectivity index (χ0v) is 21.8. The Kier molecular flexibility index (Phi) is 7.19. The van der Waals surface area contributed by atoms with E-state index in [1.807, 2.05) is 12.1 Å². The van der Waals surface area contributed by atoms with Gasteiger partial charge in [-0.05, 0) is 78.5 Å². The van der Waals surface area contributed by atoms with Crippen molar-refractivity contribution in [2.24, 2.45) is 17.8 Å². The first-order chi connectivity index (χ1) is 15.8. The molecule has 0 radical (unpaired) electrons. The number of amides is 2. The maximum Gasteiger partial charge on any atom is 0.233 e. The second kappa shape index (κ2) is 9.78. The highest BCUT2D eigenvalue weighted by Crippen LogP contribution is 2.49. The number of phenols is 1. The third-order valence-electron chi connectivity index (χ3n) is 7.31. The lowest BCUT2D eigenvalue weighted by Crippen LogP contribution is -2.33. The van der Waals surface area contributed by atoms with Gasteiger partial charge < -0.3 is 14.6 Å². The number of allylic oxidation sites excluding steroid dienone is 2. The molecule has 4 rings (SSSR count). The third-order valence-corrected chi connectivity index (χ3v) is 8.14. The molecule has 33 heavy (non-hydrogen) atoms. The second-order valence-electron chi connectivity index (χ2n) is 9.38. The monoisotopic (exact) mass is 565 g/mol. The zero-order chi connectivity index (χ0) is 23.9. The van der Waals surface area contributed by atoms with E-state index in [2.05, 4.69) is 42.5 Å². The Labute approximate surface area is 209 Å². The number of rotatable bonds is 7. The number of hydrogen-bond acceptors (Lipinski definition) is 5. The number of phenolic OH excluding ortho intramolecular Hbond substituents is 1. The molecular formula is C26H32INO5. The topological polar surface area (TPSA) is 76.1 Å². The lowest BCUT2D eigenvalue weighted by Gasteiger charge is -2.30. The number of fused-ring (bicyclic) bond motifs is 3. The summed E-state index contributed by atoms with van der Waals surface area (Å²) < 4.78 is 12.3. The first kappa shape index (κ1) is 24.3. The van der Waals surface area contributed by atoms with E-state index in [1.165, 1.54) is 21.6 Å². The number of halogens is 1. The highest BCUT2D eigenvalue weighted by Gasteiger charge is 2.55. The molecule has 0 unspecified atom stereocenters. The Hall–Kier alpha value is -1.87. The fraction of sp³-hybridized carbons (Fsp3) is 0.538. The number of methoxy groups -OCH3 is 1. The molecule has 2 saturated heterocycles. The molecule has 0 bridgehead atoms. The molecule has 6 nitrogen and oxygen atoms in total. The van der Waals surface area contributed by atoms with E-state index in [0.717, 1.165) is 34.8 Å². The van der Waals surface area contributed by atoms with Crippen LogP contribution in [0.4, 0.5) is 0 Å². The van der Waals surface area contributed by atoms with Crippen LogP contribution in [0.5, 0.6) is 11.5 Å². The number of carbonyl (C=O) groups is 2. The maximum absolute atomic E-state index is 12.8. The van der Waals surface area contributed by atoms with E-state index in [1.54, 1.807) is 14.2 Å². The molecule has 3 aliphatic rings. The van der Waals surface area contributed by atoms with Gasteiger partial charge in [-0.15, -0.1) is 0 Å². The number of likely N-dealkylation sites (tertiary alicyclic amines) is 1. The molecule has 0 aromatic heterocycles. The van der Waals surface area contributed by atoms with Gasteiger partial charge in [-0.2, -0.15) is 0 Å². The summed E-state index contributed by atoms with van der Waals surface area (Å²) in [4.78, 5) is 26.6. The Bertz CT molecular complexity index is 1030. The normalized spacial score (nSPS) is 27.3. The van der Waals surface area contributed by atoms with Crippen molar-refractivity contribution in [3.05, 3.63) is 38.0 Å². The third kappa shape index (κ3) is 4.46. The minimum atomic E-state index is -0.261. The number of benzene rings is 1. The number of imide groups is 1. The van der Waals surface area contributed by atoms with Gasteiger partial charge in [0.15, 0.2) is 11.5 Å². The number of nitrogens with zero attached hydrogens (tertiary/aromatic N) is 1. The maximum atomic E-state index is 12.8. The molecular weight excluding hydrogens is 533 g/mol. The largest absolute Gasteiger partial charge is 0.504 e. The molecule has 1 N–H and O–H groups in total. The van der Waals surface area contributed by atoms with Crippen LogP contribution in [0.2, 0.25) is 0 Å². The molecule has 0 spiro atoms. The van der Waals surface area contributed by atoms with Crippen LogP contribution in [-0.4, -0.2) is 48.7 Å². The molecule has 0 saturated carbocycles. The molecule has 1 aliphatic carbocycles. The summed E-state index contributed by atoms with van der Waals surface area (Å²) in [5.74, 6) is 0.0948. The van der Waals surface area contributed by atoms with Crippen LogP contribution in [0.15, 0.2) is 28.9 Å². The van der Waals surface area contributed by atoms with Crippen LogP contribution >= 0.6 is 22.6 Å². The molecule has 7 heteroatoms. The Morgan fingerprint density at radius 2 is 2.03 bits per heavy atom. The number of ether oxygens (including phenoxy) is 2. The van der Waals surface area contributed by atoms with Crippen molar-refractivity contribution in [3.63, 3.8) is 0 Å². The summed E-state index contributed by atoms with van der Waals surface area (Å²) in [5.41, 5.74) is 4.81. The van der Waals surface area contributed by atoms with Gasteiger partial charge in [-0.25, -0.2) is 0 Å². The van der Waals surface area contributed by atoms with Crippen LogP contribution in [0.1, 0.15) is 51.5 Å². The summed E-state index contributed by atoms with van der Waals surface area (Å²) in [5, 5.41) is 10.1. The van der Waals surface area contributed by atoms with Gasteiger partial charge in [0.2, 0.25) is 11.8 Å². The minimum absolute atomic E-state index is 0.000459. The van der Waals surface area contributed by atoms with Crippen molar-refractivity contribution in [2.75, 3.05) is 20.8 Å². The van der Waals surface area contributed by atoms with E-state index < -0.39 is 0 Å². The average Bonchev–Trinajstić information content (AvgIpc) is 3.30. The summed E-state index contributed by atoms with van der Waals surface area (Å²) in [7, 11) is 3.16. The molecule has 4 atom stereocenters. The van der Waals surface area contributed by atoms with E-state index >= 15 is 0 Å². The van der Waals surface area contributed by atoms with Crippen molar-refractivity contribution in [2.45, 2.75) is 52.1 Å². The number of aromatic hydroxyl groups is 1. The predicted molar refractivity (Wildman–Crippen MR) is 135 cm³/mol. The van der Waals surface area contributed by atoms with Gasteiger partial charge in [0.05, 0.1) is 35.2 Å². The Morgan fingerprint density at radius 1 is 1.27 bits per heavy atom. The Balaban J connectivity index is 1.52. The van der Waals surface area contributed by atoms with E-state index in [9.17, 15) is 14.7 Å². The average molecular weight is 565 g/mol. The Morgan fingerprint density at radius 3 is 2.73 bits per heavy atom. The van der Waals surface area contributed by atoms with Gasteiger partial charge in [0, 0.05) is 13.0 Å². The molecule has 1 aromatic carbocycles. The quantitative estimate of drug-likeness (QED) is 0.288. The van der Waals surface area contributed by atoms with Crippen LogP contribution < -0.4 is 4.74 Å². The number of hydrogen-bond donors (Lipinski definition) is 1. The molecule has 178 valence electrons. The molecule has 2 heterocycles. The molecule has 2 aliphatic heterocycles. The van der Waals surface area contributed by atoms with Crippen molar-refractivity contribution >= 4 is 40.5 Å². The lowest BCUT2D eigenvalue weighted by molar-refractivity contribution is -0.138. The number of carbonyl (C=O) groups excluding carboxylic acids is 2. The van der Waals surface area contributed by atoms with Crippen molar-refractivity contribution < 1.29 is 24.2 Å². The fourth-order valence-corrected chi connectivity index (χ4v) is 6.39. The van der Waals surface area contributed by atoms with Crippen molar-refractivity contribution in [3.8, 4) is 11.5 Å². The van der Waals surface area contributed by atoms with E-state index in [4.69, 9.17) is 9.47 Å². The van der Waals surface area contributed by atoms with Gasteiger partial charge in [0.25, 0.3) is 0 Å². The minimum Gasteiger partial charge on any atom is -0.504 e. The van der Waals surface area contributed by atoms with Gasteiger partial charge in [-0.3, -0.25) is 14.5 Å². The zero-order valence-electron chi connectivity index (χ0n) is 19.7. The summed E-state index contributed by atoms with van der Waals surface area (Å²) in [6.45, 7) is 4.79. The van der Waals surface area contributed by atoms with Crippen LogP contribution in [0.25, 0.3) is 6.08 Å². The SMILES string of the molecule is CCC/C(=C\c1cc(I)c(O)c(OC)c1)CC[C@H]1OC[C@H]2C1=C(C)C[C@H]1C(=O)N(C)C(=O)[C@H]12. The summed E-state index contributed by atoms with van der Waals surface area (Å²) in [6, 6.07) is 3.83. The fourth-order valence-electron chi connectivity index (χ4n) is 5.76. The standard InChI is InChI=1S/C26H32INO5/c1-5-6-15(10-16-11-19(27)24(29)21(12-16)32-4)7-8-20-22-14(2)9-17-23(18(22)13-33-20)26(31)28(3)25(17)30/h10-12,17-18,20,23,29H,5-9,13H2,1-4H3/b15-10+/t17-,18+,20-,23-/m1/s1. The van der Waals surface area contributed by atoms with Crippen molar-refractivity contribution in [1.82, 2.24) is 4.90 Å². The van der Waals surface area contributed by atoms with Crippen LogP contribution in [0, 0.1) is 21.3 Å². The first-order valence-electron chi connectivity index (χ1n) is 11.6. The highest BCUT2D eigenvalue weighted by atomic mass is 127. The van der Waals surface area contributed by atoms with Gasteiger partial charge in [0.1, 0.15) is 0 Å². The smallest absolute Gasteiger partial charge is 0.233 e. The second-order valence-corrected chi connectivity index (χ2v) is 10.5. The molecule has 2 amide bonds. The van der Waals surface area contributed by atoms with Crippen LogP contribution in [-0.2, 0) is 14.3 Å². The van der Waals surface area contributed by atoms with Gasteiger partial charge in [-0.1, -0.05) is 30.6 Å². The lowest BCUT2D eigenvalue weighted by atomic mass is 9.70. The molecule has 2 fully saturated rings. The predicted octanol–water partition coefficient (Wildman–Crippen LogP) is 4.94.